The van der Waals surface area contributed by atoms with E-state index < -0.39 is 21.8 Å². The van der Waals surface area contributed by atoms with Gasteiger partial charge >= 0.3 is 0 Å². The number of ether oxygens (including phenoxy) is 1. The smallest absolute Gasteiger partial charge is 0.181 e. The number of rotatable bonds is 6. The highest BCUT2D eigenvalue weighted by Gasteiger charge is 2.23. The Labute approximate surface area is 176 Å². The molecule has 0 aliphatic carbocycles. The highest BCUT2D eigenvalue weighted by Crippen LogP contribution is 2.30. The van der Waals surface area contributed by atoms with Crippen molar-refractivity contribution in [2.24, 2.45) is 0 Å². The van der Waals surface area contributed by atoms with Crippen molar-refractivity contribution in [3.63, 3.8) is 0 Å². The molecule has 3 aromatic carbocycles. The molecule has 1 aromatic heterocycles. The second kappa shape index (κ2) is 7.80. The van der Waals surface area contributed by atoms with Crippen LogP contribution in [0.4, 0.5) is 4.39 Å². The molecule has 4 aromatic rings. The SMILES string of the molecule is [B]c1ccc2c(c1)c1cc(C)ccc1n2CC(F)CS(=O)(=O)c1cccc(OC)c1. The standard InChI is InChI=1S/C23H21BFNO3S/c1-15-6-8-22-20(10-15)21-11-16(24)7-9-23(21)26(22)13-17(25)14-30(27,28)19-5-3-4-18(12-19)29-2/h3-12,17H,13-14H2,1-2H3. The molecule has 4 nitrogen and oxygen atoms in total. The number of benzene rings is 3. The first-order valence-electron chi connectivity index (χ1n) is 9.57. The summed E-state index contributed by atoms with van der Waals surface area (Å²) >= 11 is 0. The van der Waals surface area contributed by atoms with Crippen LogP contribution in [0.2, 0.25) is 0 Å². The van der Waals surface area contributed by atoms with Crippen LogP contribution < -0.4 is 10.2 Å². The van der Waals surface area contributed by atoms with E-state index in [0.29, 0.717) is 11.2 Å². The van der Waals surface area contributed by atoms with Crippen molar-refractivity contribution in [1.82, 2.24) is 4.57 Å². The average Bonchev–Trinajstić information content (AvgIpc) is 2.99. The third-order valence-corrected chi connectivity index (χ3v) is 7.00. The summed E-state index contributed by atoms with van der Waals surface area (Å²) in [5, 5.41) is 1.90. The van der Waals surface area contributed by atoms with E-state index in [1.165, 1.54) is 19.2 Å². The zero-order valence-corrected chi connectivity index (χ0v) is 17.6. The maximum absolute atomic E-state index is 15.1. The molecule has 0 spiro atoms. The van der Waals surface area contributed by atoms with Gasteiger partial charge in [0, 0.05) is 21.8 Å². The molecule has 1 unspecified atom stereocenters. The highest BCUT2D eigenvalue weighted by atomic mass is 32.2. The molecule has 7 heteroatoms. The monoisotopic (exact) mass is 421 g/mol. The van der Waals surface area contributed by atoms with E-state index in [2.05, 4.69) is 0 Å². The van der Waals surface area contributed by atoms with Gasteiger partial charge in [0.05, 0.1) is 24.3 Å². The lowest BCUT2D eigenvalue weighted by molar-refractivity contribution is 0.328. The number of fused-ring (bicyclic) bond motifs is 3. The maximum Gasteiger partial charge on any atom is 0.181 e. The summed E-state index contributed by atoms with van der Waals surface area (Å²) in [5.74, 6) is -0.191. The van der Waals surface area contributed by atoms with Gasteiger partial charge in [-0.2, -0.15) is 0 Å². The predicted molar refractivity (Wildman–Crippen MR) is 120 cm³/mol. The molecule has 0 amide bonds. The van der Waals surface area contributed by atoms with Crippen molar-refractivity contribution in [3.8, 4) is 5.75 Å². The van der Waals surface area contributed by atoms with Crippen LogP contribution in [0.5, 0.6) is 5.75 Å². The van der Waals surface area contributed by atoms with E-state index in [9.17, 15) is 8.42 Å². The molecule has 1 atom stereocenters. The third kappa shape index (κ3) is 3.82. The van der Waals surface area contributed by atoms with E-state index in [4.69, 9.17) is 12.6 Å². The quantitative estimate of drug-likeness (QED) is 0.446. The lowest BCUT2D eigenvalue weighted by Gasteiger charge is -2.13. The predicted octanol–water partition coefficient (Wildman–Crippen LogP) is 3.72. The summed E-state index contributed by atoms with van der Waals surface area (Å²) in [6, 6.07) is 17.5. The van der Waals surface area contributed by atoms with Gasteiger partial charge in [0.2, 0.25) is 0 Å². The van der Waals surface area contributed by atoms with Gasteiger partial charge in [-0.3, -0.25) is 0 Å². The van der Waals surface area contributed by atoms with Crippen molar-refractivity contribution in [1.29, 1.82) is 0 Å². The van der Waals surface area contributed by atoms with Gasteiger partial charge in [-0.15, -0.1) is 0 Å². The highest BCUT2D eigenvalue weighted by molar-refractivity contribution is 7.91. The van der Waals surface area contributed by atoms with Crippen LogP contribution in [0.3, 0.4) is 0 Å². The second-order valence-electron chi connectivity index (χ2n) is 7.47. The van der Waals surface area contributed by atoms with Gasteiger partial charge in [0.1, 0.15) is 19.8 Å². The molecule has 152 valence electrons. The van der Waals surface area contributed by atoms with Crippen LogP contribution in [-0.2, 0) is 16.4 Å². The molecule has 0 aliphatic rings. The van der Waals surface area contributed by atoms with E-state index >= 15 is 4.39 Å². The van der Waals surface area contributed by atoms with E-state index in [1.54, 1.807) is 18.2 Å². The fraction of sp³-hybridized carbons (Fsp3) is 0.217. The minimum Gasteiger partial charge on any atom is -0.497 e. The number of hydrogen-bond donors (Lipinski definition) is 0. The number of hydrogen-bond acceptors (Lipinski definition) is 3. The average molecular weight is 421 g/mol. The number of aromatic nitrogens is 1. The Morgan fingerprint density at radius 1 is 1.03 bits per heavy atom. The summed E-state index contributed by atoms with van der Waals surface area (Å²) in [6.07, 6.45) is -1.58. The van der Waals surface area contributed by atoms with Crippen LogP contribution in [0.15, 0.2) is 65.6 Å². The molecule has 0 bridgehead atoms. The topological polar surface area (TPSA) is 48.3 Å². The summed E-state index contributed by atoms with van der Waals surface area (Å²) in [7, 11) is 3.62. The minimum absolute atomic E-state index is 0.0510. The Bertz CT molecular complexity index is 1290. The van der Waals surface area contributed by atoms with Gasteiger partial charge < -0.3 is 9.30 Å². The van der Waals surface area contributed by atoms with Gasteiger partial charge in [-0.1, -0.05) is 35.3 Å². The van der Waals surface area contributed by atoms with Crippen LogP contribution in [0.1, 0.15) is 5.56 Å². The van der Waals surface area contributed by atoms with Crippen LogP contribution >= 0.6 is 0 Å². The number of methoxy groups -OCH3 is 1. The molecular formula is C23H21BFNO3S. The van der Waals surface area contributed by atoms with Crippen molar-refractivity contribution < 1.29 is 17.5 Å². The van der Waals surface area contributed by atoms with Gasteiger partial charge in [0.25, 0.3) is 0 Å². The largest absolute Gasteiger partial charge is 0.497 e. The number of sulfone groups is 1. The molecule has 0 saturated carbocycles. The zero-order chi connectivity index (χ0) is 21.5. The third-order valence-electron chi connectivity index (χ3n) is 5.23. The van der Waals surface area contributed by atoms with Crippen LogP contribution in [-0.4, -0.2) is 39.9 Å². The Morgan fingerprint density at radius 3 is 2.47 bits per heavy atom. The fourth-order valence-electron chi connectivity index (χ4n) is 3.81. The van der Waals surface area contributed by atoms with Gasteiger partial charge in [0.15, 0.2) is 9.84 Å². The van der Waals surface area contributed by atoms with Gasteiger partial charge in [-0.05, 0) is 43.3 Å². The summed E-state index contributed by atoms with van der Waals surface area (Å²) in [4.78, 5) is 0.0510. The Morgan fingerprint density at radius 2 is 1.73 bits per heavy atom. The normalized spacial score (nSPS) is 13.0. The van der Waals surface area contributed by atoms with E-state index in [-0.39, 0.29) is 11.4 Å². The molecule has 1 heterocycles. The van der Waals surface area contributed by atoms with Crippen LogP contribution in [0.25, 0.3) is 21.8 Å². The number of aryl methyl sites for hydroxylation is 1. The molecule has 4 rings (SSSR count). The summed E-state index contributed by atoms with van der Waals surface area (Å²) < 4.78 is 47.5. The Kier molecular flexibility index (Phi) is 5.32. The summed E-state index contributed by atoms with van der Waals surface area (Å²) in [6.45, 7) is 1.92. The summed E-state index contributed by atoms with van der Waals surface area (Å²) in [5.41, 5.74) is 3.38. The molecular weight excluding hydrogens is 400 g/mol. The first kappa shape index (κ1) is 20.5. The van der Waals surface area contributed by atoms with Crippen LogP contribution in [0, 0.1) is 6.92 Å². The number of nitrogens with zero attached hydrogens (tertiary/aromatic N) is 1. The molecule has 0 fully saturated rings. The molecule has 2 radical (unpaired) electrons. The Balaban J connectivity index is 1.69. The number of alkyl halides is 1. The first-order valence-corrected chi connectivity index (χ1v) is 11.2. The lowest BCUT2D eigenvalue weighted by atomic mass is 9.94. The zero-order valence-electron chi connectivity index (χ0n) is 16.8. The second-order valence-corrected chi connectivity index (χ2v) is 9.50. The molecule has 30 heavy (non-hydrogen) atoms. The Hall–Kier alpha value is -2.80. The lowest BCUT2D eigenvalue weighted by Crippen LogP contribution is -2.22. The number of halogens is 1. The van der Waals surface area contributed by atoms with Gasteiger partial charge in [-0.25, -0.2) is 12.8 Å². The van der Waals surface area contributed by atoms with E-state index in [1.807, 2.05) is 41.8 Å². The first-order chi connectivity index (χ1) is 14.3. The van der Waals surface area contributed by atoms with Crippen molar-refractivity contribution in [2.75, 3.05) is 12.9 Å². The minimum atomic E-state index is -3.80. The van der Waals surface area contributed by atoms with Crippen molar-refractivity contribution in [3.05, 3.63) is 66.2 Å². The van der Waals surface area contributed by atoms with Crippen molar-refractivity contribution in [2.45, 2.75) is 24.5 Å². The molecule has 0 N–H and O–H groups in total. The fourth-order valence-corrected chi connectivity index (χ4v) is 5.17. The maximum atomic E-state index is 15.1. The van der Waals surface area contributed by atoms with Crippen molar-refractivity contribution >= 4 is 45.0 Å². The molecule has 0 aliphatic heterocycles. The molecule has 0 saturated heterocycles. The van der Waals surface area contributed by atoms with E-state index in [0.717, 1.165) is 27.4 Å².